The topological polar surface area (TPSA) is 133 Å². The van der Waals surface area contributed by atoms with Gasteiger partial charge in [-0.2, -0.15) is 15.0 Å². The first kappa shape index (κ1) is 31.5. The summed E-state index contributed by atoms with van der Waals surface area (Å²) >= 11 is 5.06. The van der Waals surface area contributed by atoms with Crippen molar-refractivity contribution >= 4 is 52.5 Å². The predicted octanol–water partition coefficient (Wildman–Crippen LogP) is 5.82. The highest BCUT2D eigenvalue weighted by molar-refractivity contribution is 7.80. The third kappa shape index (κ3) is 9.54. The molecule has 0 radical (unpaired) electrons. The molecule has 3 aromatic carbocycles. The van der Waals surface area contributed by atoms with Crippen LogP contribution in [0.3, 0.4) is 0 Å². The zero-order chi connectivity index (χ0) is 31.6. The third-order valence-electron chi connectivity index (χ3n) is 7.39. The molecule has 0 bridgehead atoms. The molecule has 6 N–H and O–H groups in total. The number of nitrogens with one attached hydrogen (secondary N) is 4. The van der Waals surface area contributed by atoms with Crippen LogP contribution < -0.4 is 32.1 Å². The molecule has 1 heterocycles. The number of nitrogens with zero attached hydrogens (tertiary/aromatic N) is 4. The number of nitrogens with two attached hydrogens (primary N) is 1. The lowest BCUT2D eigenvalue weighted by atomic mass is 9.89. The monoisotopic (exact) mass is 631 g/mol. The van der Waals surface area contributed by atoms with Crippen LogP contribution in [0.25, 0.3) is 0 Å². The van der Waals surface area contributed by atoms with Gasteiger partial charge in [-0.05, 0) is 90.6 Å². The minimum Gasteiger partial charge on any atom is -0.374 e. The van der Waals surface area contributed by atoms with Gasteiger partial charge in [0.25, 0.3) is 0 Å². The number of carbonyl (C=O) groups excluding carboxylic acids is 1. The van der Waals surface area contributed by atoms with Crippen LogP contribution in [0.2, 0.25) is 0 Å². The summed E-state index contributed by atoms with van der Waals surface area (Å²) in [6, 6.07) is 18.9. The van der Waals surface area contributed by atoms with E-state index in [0.717, 1.165) is 17.7 Å². The van der Waals surface area contributed by atoms with Crippen molar-refractivity contribution in [3.63, 3.8) is 0 Å². The average molecular weight is 632 g/mol. The lowest BCUT2D eigenvalue weighted by Crippen LogP contribution is -2.49. The Morgan fingerprint density at radius 3 is 2.02 bits per heavy atom. The SMILES string of the molecule is NC(=S)N(NC(=O)Cc1ccc(Nc2nc(NCc3ccc(F)cc3)nc(NCC3CCCCC3)n2)cc1)c1ccc(F)cc1. The number of aromatic nitrogens is 3. The molecule has 1 fully saturated rings. The molecule has 0 unspecified atom stereocenters. The third-order valence-corrected chi connectivity index (χ3v) is 7.57. The molecular weight excluding hydrogens is 596 g/mol. The molecule has 1 aromatic heterocycles. The summed E-state index contributed by atoms with van der Waals surface area (Å²) < 4.78 is 26.7. The number of carbonyl (C=O) groups is 1. The van der Waals surface area contributed by atoms with E-state index in [0.29, 0.717) is 41.7 Å². The van der Waals surface area contributed by atoms with Gasteiger partial charge in [-0.3, -0.25) is 10.2 Å². The summed E-state index contributed by atoms with van der Waals surface area (Å²) in [5.74, 6) is 0.693. The fourth-order valence-corrected chi connectivity index (χ4v) is 5.17. The Kier molecular flexibility index (Phi) is 10.6. The van der Waals surface area contributed by atoms with Crippen LogP contribution in [-0.4, -0.2) is 32.5 Å². The Balaban J connectivity index is 1.23. The molecule has 5 rings (SSSR count). The lowest BCUT2D eigenvalue weighted by molar-refractivity contribution is -0.120. The minimum atomic E-state index is -0.414. The highest BCUT2D eigenvalue weighted by atomic mass is 32.1. The van der Waals surface area contributed by atoms with Gasteiger partial charge in [-0.25, -0.2) is 13.8 Å². The van der Waals surface area contributed by atoms with Crippen molar-refractivity contribution in [1.29, 1.82) is 0 Å². The van der Waals surface area contributed by atoms with Gasteiger partial charge in [0.2, 0.25) is 23.8 Å². The van der Waals surface area contributed by atoms with Crippen LogP contribution in [-0.2, 0) is 17.8 Å². The van der Waals surface area contributed by atoms with E-state index in [1.54, 1.807) is 12.1 Å². The molecular formula is C32H35F2N9OS. The number of thiocarbonyl (C=S) groups is 1. The van der Waals surface area contributed by atoms with Crippen LogP contribution in [0.15, 0.2) is 72.8 Å². The molecule has 45 heavy (non-hydrogen) atoms. The predicted molar refractivity (Wildman–Crippen MR) is 176 cm³/mol. The lowest BCUT2D eigenvalue weighted by Gasteiger charge is -2.23. The average Bonchev–Trinajstić information content (AvgIpc) is 3.04. The van der Waals surface area contributed by atoms with Crippen molar-refractivity contribution in [3.8, 4) is 0 Å². The van der Waals surface area contributed by atoms with Crippen molar-refractivity contribution < 1.29 is 13.6 Å². The van der Waals surface area contributed by atoms with Gasteiger partial charge in [0.1, 0.15) is 11.6 Å². The molecule has 0 saturated heterocycles. The molecule has 1 aliphatic carbocycles. The maximum absolute atomic E-state index is 13.3. The van der Waals surface area contributed by atoms with Crippen molar-refractivity contribution in [2.45, 2.75) is 45.1 Å². The van der Waals surface area contributed by atoms with E-state index >= 15 is 0 Å². The number of hydrogen-bond donors (Lipinski definition) is 5. The number of halogens is 2. The van der Waals surface area contributed by atoms with Gasteiger partial charge in [0.05, 0.1) is 12.1 Å². The Morgan fingerprint density at radius 1 is 0.800 bits per heavy atom. The molecule has 1 saturated carbocycles. The minimum absolute atomic E-state index is 0.0546. The van der Waals surface area contributed by atoms with Crippen LogP contribution in [0, 0.1) is 17.6 Å². The van der Waals surface area contributed by atoms with E-state index in [2.05, 4.69) is 36.3 Å². The Bertz CT molecular complexity index is 1580. The first-order valence-corrected chi connectivity index (χ1v) is 15.2. The second kappa shape index (κ2) is 15.2. The molecule has 0 aliphatic heterocycles. The van der Waals surface area contributed by atoms with Gasteiger partial charge in [0, 0.05) is 18.8 Å². The molecule has 0 atom stereocenters. The van der Waals surface area contributed by atoms with Crippen LogP contribution in [0.4, 0.5) is 38.0 Å². The number of hydrogen-bond acceptors (Lipinski definition) is 8. The zero-order valence-corrected chi connectivity index (χ0v) is 25.4. The second-order valence-electron chi connectivity index (χ2n) is 10.9. The molecule has 234 valence electrons. The first-order chi connectivity index (χ1) is 21.8. The summed E-state index contributed by atoms with van der Waals surface area (Å²) in [6.45, 7) is 1.20. The molecule has 10 nitrogen and oxygen atoms in total. The number of rotatable bonds is 11. The standard InChI is InChI=1S/C32H35F2N9OS/c33-24-10-6-23(7-11-24)20-37-31-39-30(36-19-22-4-2-1-3-5-22)40-32(41-31)38-26-14-8-21(9-15-26)18-28(44)42-43(29(35)45)27-16-12-25(34)13-17-27/h6-17,22H,1-5,18-20H2,(H2,35,45)(H,42,44)(H3,36,37,38,39,40,41). The first-order valence-electron chi connectivity index (χ1n) is 14.8. The normalized spacial score (nSPS) is 13.1. The molecule has 4 aromatic rings. The van der Waals surface area contributed by atoms with Gasteiger partial charge in [-0.1, -0.05) is 43.5 Å². The summed E-state index contributed by atoms with van der Waals surface area (Å²) in [5.41, 5.74) is 11.2. The highest BCUT2D eigenvalue weighted by Gasteiger charge is 2.16. The largest absolute Gasteiger partial charge is 0.374 e. The Hall–Kier alpha value is -4.91. The highest BCUT2D eigenvalue weighted by Crippen LogP contribution is 2.24. The zero-order valence-electron chi connectivity index (χ0n) is 24.6. The van der Waals surface area contributed by atoms with Crippen LogP contribution in [0.1, 0.15) is 43.2 Å². The quantitative estimate of drug-likeness (QED) is 0.102. The van der Waals surface area contributed by atoms with E-state index in [4.69, 9.17) is 18.0 Å². The maximum Gasteiger partial charge on any atom is 0.243 e. The molecule has 1 aliphatic rings. The fourth-order valence-electron chi connectivity index (χ4n) is 5.02. The van der Waals surface area contributed by atoms with Gasteiger partial charge < -0.3 is 21.7 Å². The number of benzene rings is 3. The van der Waals surface area contributed by atoms with Crippen molar-refractivity contribution in [1.82, 2.24) is 20.4 Å². The van der Waals surface area contributed by atoms with Crippen LogP contribution >= 0.6 is 12.2 Å². The Labute approximate surface area is 265 Å². The smallest absolute Gasteiger partial charge is 0.243 e. The van der Waals surface area contributed by atoms with Gasteiger partial charge >= 0.3 is 0 Å². The summed E-state index contributed by atoms with van der Waals surface area (Å²) in [4.78, 5) is 26.4. The molecule has 13 heteroatoms. The van der Waals surface area contributed by atoms with Crippen molar-refractivity contribution in [3.05, 3.63) is 95.6 Å². The van der Waals surface area contributed by atoms with Gasteiger partial charge in [0.15, 0.2) is 5.11 Å². The van der Waals surface area contributed by atoms with Crippen molar-refractivity contribution in [2.75, 3.05) is 27.5 Å². The summed E-state index contributed by atoms with van der Waals surface area (Å²) in [6.07, 6.45) is 6.20. The summed E-state index contributed by atoms with van der Waals surface area (Å²) in [5, 5.41) is 11.0. The number of amides is 1. The van der Waals surface area contributed by atoms with Gasteiger partial charge in [-0.15, -0.1) is 0 Å². The number of hydrazine groups is 1. The maximum atomic E-state index is 13.3. The molecule has 0 spiro atoms. The van der Waals surface area contributed by atoms with Crippen molar-refractivity contribution in [2.24, 2.45) is 11.7 Å². The second-order valence-corrected chi connectivity index (χ2v) is 11.3. The van der Waals surface area contributed by atoms with E-state index in [1.807, 2.05) is 24.3 Å². The van der Waals surface area contributed by atoms with E-state index in [-0.39, 0.29) is 23.3 Å². The fraction of sp³-hybridized carbons (Fsp3) is 0.281. The van der Waals surface area contributed by atoms with Crippen LogP contribution in [0.5, 0.6) is 0 Å². The van der Waals surface area contributed by atoms with E-state index < -0.39 is 5.82 Å². The van der Waals surface area contributed by atoms with E-state index in [1.165, 1.54) is 73.5 Å². The number of anilines is 5. The van der Waals surface area contributed by atoms with E-state index in [9.17, 15) is 13.6 Å². The molecule has 1 amide bonds. The Morgan fingerprint density at radius 2 is 1.38 bits per heavy atom. The summed E-state index contributed by atoms with van der Waals surface area (Å²) in [7, 11) is 0.